The Morgan fingerprint density at radius 2 is 1.57 bits per heavy atom. The number of carboxylic acid groups (broad SMARTS) is 1. The molecule has 0 fully saturated rings. The molecule has 8 nitrogen and oxygen atoms in total. The number of alkyl carbamates (subject to hydrolysis) is 1. The SMILES string of the molecule is COC(C)C(NC(=O)OCC1c2ccccc2-c2ccccc21)C(=O)N(CC(=O)O)CC(C)(C)C. The van der Waals surface area contributed by atoms with Crippen LogP contribution < -0.4 is 5.32 Å². The lowest BCUT2D eigenvalue weighted by atomic mass is 9.95. The maximum absolute atomic E-state index is 13.3. The fraction of sp³-hybridized carbons (Fsp3) is 0.444. The van der Waals surface area contributed by atoms with Crippen molar-refractivity contribution in [2.75, 3.05) is 26.8 Å². The average molecular weight is 483 g/mol. The highest BCUT2D eigenvalue weighted by atomic mass is 16.5. The molecule has 0 saturated heterocycles. The first-order valence-electron chi connectivity index (χ1n) is 11.7. The summed E-state index contributed by atoms with van der Waals surface area (Å²) in [5.41, 5.74) is 4.05. The van der Waals surface area contributed by atoms with Crippen molar-refractivity contribution in [3.8, 4) is 11.1 Å². The molecule has 0 spiro atoms. The quantitative estimate of drug-likeness (QED) is 0.562. The minimum atomic E-state index is -1.13. The van der Waals surface area contributed by atoms with Gasteiger partial charge in [0.2, 0.25) is 5.91 Å². The number of hydrogen-bond donors (Lipinski definition) is 2. The first-order chi connectivity index (χ1) is 16.5. The Labute approximate surface area is 206 Å². The zero-order chi connectivity index (χ0) is 25.8. The summed E-state index contributed by atoms with van der Waals surface area (Å²) in [4.78, 5) is 38.7. The zero-order valence-corrected chi connectivity index (χ0v) is 20.9. The lowest BCUT2D eigenvalue weighted by molar-refractivity contribution is -0.147. The van der Waals surface area contributed by atoms with Crippen molar-refractivity contribution in [3.05, 3.63) is 59.7 Å². The number of benzene rings is 2. The molecule has 2 amide bonds. The van der Waals surface area contributed by atoms with Crippen LogP contribution in [0.15, 0.2) is 48.5 Å². The maximum atomic E-state index is 13.3. The Hall–Kier alpha value is -3.39. The van der Waals surface area contributed by atoms with Gasteiger partial charge in [-0.05, 0) is 34.6 Å². The molecule has 2 atom stereocenters. The largest absolute Gasteiger partial charge is 0.480 e. The van der Waals surface area contributed by atoms with Gasteiger partial charge in [-0.25, -0.2) is 4.79 Å². The molecule has 0 bridgehead atoms. The first kappa shape index (κ1) is 26.2. The Kier molecular flexibility index (Phi) is 8.17. The Morgan fingerprint density at radius 1 is 1.03 bits per heavy atom. The van der Waals surface area contributed by atoms with Crippen LogP contribution in [0.1, 0.15) is 44.7 Å². The number of nitrogens with zero attached hydrogens (tertiary/aromatic N) is 1. The predicted octanol–water partition coefficient (Wildman–Crippen LogP) is 3.89. The van der Waals surface area contributed by atoms with E-state index >= 15 is 0 Å². The molecule has 0 radical (unpaired) electrons. The molecule has 2 aromatic rings. The van der Waals surface area contributed by atoms with Crippen molar-refractivity contribution >= 4 is 18.0 Å². The van der Waals surface area contributed by atoms with Gasteiger partial charge in [0, 0.05) is 19.6 Å². The van der Waals surface area contributed by atoms with Gasteiger partial charge in [-0.3, -0.25) is 9.59 Å². The van der Waals surface area contributed by atoms with Gasteiger partial charge in [0.1, 0.15) is 19.2 Å². The van der Waals surface area contributed by atoms with Gasteiger partial charge in [0.25, 0.3) is 0 Å². The number of carboxylic acids is 1. The number of fused-ring (bicyclic) bond motifs is 3. The average Bonchev–Trinajstić information content (AvgIpc) is 3.12. The predicted molar refractivity (Wildman–Crippen MR) is 132 cm³/mol. The van der Waals surface area contributed by atoms with Crippen LogP contribution in [0.2, 0.25) is 0 Å². The summed E-state index contributed by atoms with van der Waals surface area (Å²) in [6, 6.07) is 14.9. The Bertz CT molecular complexity index is 1030. The van der Waals surface area contributed by atoms with Crippen molar-refractivity contribution in [2.45, 2.75) is 45.8 Å². The highest BCUT2D eigenvalue weighted by Gasteiger charge is 2.35. The van der Waals surface area contributed by atoms with Crippen LogP contribution in [0.3, 0.4) is 0 Å². The third-order valence-electron chi connectivity index (χ3n) is 6.03. The minimum absolute atomic E-state index is 0.100. The summed E-state index contributed by atoms with van der Waals surface area (Å²) in [5.74, 6) is -1.79. The highest BCUT2D eigenvalue weighted by molar-refractivity contribution is 5.88. The van der Waals surface area contributed by atoms with E-state index < -0.39 is 36.7 Å². The van der Waals surface area contributed by atoms with Crippen molar-refractivity contribution in [1.82, 2.24) is 10.2 Å². The van der Waals surface area contributed by atoms with E-state index in [1.54, 1.807) is 6.92 Å². The van der Waals surface area contributed by atoms with Crippen molar-refractivity contribution < 1.29 is 29.0 Å². The molecule has 35 heavy (non-hydrogen) atoms. The summed E-state index contributed by atoms with van der Waals surface area (Å²) in [5, 5.41) is 11.9. The molecule has 2 aromatic carbocycles. The molecule has 0 aliphatic heterocycles. The number of methoxy groups -OCH3 is 1. The van der Waals surface area contributed by atoms with Gasteiger partial charge >= 0.3 is 12.1 Å². The van der Waals surface area contributed by atoms with Gasteiger partial charge in [-0.2, -0.15) is 0 Å². The third-order valence-corrected chi connectivity index (χ3v) is 6.03. The van der Waals surface area contributed by atoms with E-state index in [4.69, 9.17) is 9.47 Å². The second-order valence-electron chi connectivity index (χ2n) is 10.0. The number of rotatable bonds is 9. The Balaban J connectivity index is 1.73. The standard InChI is InChI=1S/C27H34N2O6/c1-17(34-5)24(25(32)29(14-23(30)31)16-27(2,3)4)28-26(33)35-15-22-20-12-8-6-10-18(20)19-11-7-9-13-21(19)22/h6-13,17,22,24H,14-16H2,1-5H3,(H,28,33)(H,30,31). The third kappa shape index (κ3) is 6.39. The van der Waals surface area contributed by atoms with Crippen LogP contribution in [0.4, 0.5) is 4.79 Å². The molecule has 0 saturated carbocycles. The molecule has 2 unspecified atom stereocenters. The van der Waals surface area contributed by atoms with Crippen molar-refractivity contribution in [2.24, 2.45) is 5.41 Å². The van der Waals surface area contributed by atoms with Crippen LogP contribution >= 0.6 is 0 Å². The molecule has 2 N–H and O–H groups in total. The van der Waals surface area contributed by atoms with E-state index in [1.807, 2.05) is 57.2 Å². The van der Waals surface area contributed by atoms with E-state index in [-0.39, 0.29) is 24.5 Å². The summed E-state index contributed by atoms with van der Waals surface area (Å²) in [6.07, 6.45) is -1.46. The van der Waals surface area contributed by atoms with Crippen LogP contribution in [0.5, 0.6) is 0 Å². The monoisotopic (exact) mass is 482 g/mol. The topological polar surface area (TPSA) is 105 Å². The maximum Gasteiger partial charge on any atom is 0.407 e. The van der Waals surface area contributed by atoms with Crippen LogP contribution in [0, 0.1) is 5.41 Å². The summed E-state index contributed by atoms with van der Waals surface area (Å²) in [7, 11) is 1.43. The van der Waals surface area contributed by atoms with Gasteiger partial charge in [0.15, 0.2) is 0 Å². The molecule has 188 valence electrons. The summed E-state index contributed by atoms with van der Waals surface area (Å²) in [6.45, 7) is 7.19. The van der Waals surface area contributed by atoms with Gasteiger partial charge in [-0.15, -0.1) is 0 Å². The number of nitrogens with one attached hydrogen (secondary N) is 1. The normalized spacial score (nSPS) is 14.4. The lowest BCUT2D eigenvalue weighted by Crippen LogP contribution is -2.56. The van der Waals surface area contributed by atoms with E-state index in [0.29, 0.717) is 0 Å². The number of carbonyl (C=O) groups is 3. The fourth-order valence-electron chi connectivity index (χ4n) is 4.43. The highest BCUT2D eigenvalue weighted by Crippen LogP contribution is 2.44. The summed E-state index contributed by atoms with van der Waals surface area (Å²) >= 11 is 0. The van der Waals surface area contributed by atoms with Crippen LogP contribution in [0.25, 0.3) is 11.1 Å². The molecule has 8 heteroatoms. The minimum Gasteiger partial charge on any atom is -0.480 e. The molecular formula is C27H34N2O6. The summed E-state index contributed by atoms with van der Waals surface area (Å²) < 4.78 is 10.9. The van der Waals surface area contributed by atoms with Gasteiger partial charge < -0.3 is 24.8 Å². The molecule has 1 aliphatic rings. The zero-order valence-electron chi connectivity index (χ0n) is 20.9. The second-order valence-corrected chi connectivity index (χ2v) is 10.0. The van der Waals surface area contributed by atoms with Crippen LogP contribution in [-0.2, 0) is 19.1 Å². The van der Waals surface area contributed by atoms with Crippen molar-refractivity contribution in [3.63, 3.8) is 0 Å². The lowest BCUT2D eigenvalue weighted by Gasteiger charge is -2.33. The van der Waals surface area contributed by atoms with E-state index in [2.05, 4.69) is 17.4 Å². The number of amides is 2. The number of hydrogen-bond acceptors (Lipinski definition) is 5. The smallest absolute Gasteiger partial charge is 0.407 e. The number of aliphatic carboxylic acids is 1. The van der Waals surface area contributed by atoms with Gasteiger partial charge in [0.05, 0.1) is 6.10 Å². The van der Waals surface area contributed by atoms with Gasteiger partial charge in [-0.1, -0.05) is 69.3 Å². The molecular weight excluding hydrogens is 448 g/mol. The number of ether oxygens (including phenoxy) is 2. The van der Waals surface area contributed by atoms with E-state index in [1.165, 1.54) is 12.0 Å². The van der Waals surface area contributed by atoms with E-state index in [0.717, 1.165) is 22.3 Å². The molecule has 0 heterocycles. The Morgan fingerprint density at radius 3 is 2.06 bits per heavy atom. The second kappa shape index (κ2) is 10.9. The first-order valence-corrected chi connectivity index (χ1v) is 11.7. The van der Waals surface area contributed by atoms with E-state index in [9.17, 15) is 19.5 Å². The van der Waals surface area contributed by atoms with Crippen LogP contribution in [-0.4, -0.2) is 66.9 Å². The van der Waals surface area contributed by atoms with Crippen molar-refractivity contribution in [1.29, 1.82) is 0 Å². The molecule has 0 aromatic heterocycles. The fourth-order valence-corrected chi connectivity index (χ4v) is 4.43. The molecule has 1 aliphatic carbocycles. The number of carbonyl (C=O) groups excluding carboxylic acids is 2. The molecule has 3 rings (SSSR count).